The molecule has 4 aromatic carbocycles. The summed E-state index contributed by atoms with van der Waals surface area (Å²) in [4.78, 5) is 16.3. The van der Waals surface area contributed by atoms with Gasteiger partial charge in [0.1, 0.15) is 36.1 Å². The van der Waals surface area contributed by atoms with E-state index in [-0.39, 0.29) is 0 Å². The Bertz CT molecular complexity index is 3800. The van der Waals surface area contributed by atoms with Crippen LogP contribution >= 0.6 is 0 Å². The van der Waals surface area contributed by atoms with Crippen molar-refractivity contribution in [3.8, 4) is 50.3 Å². The second kappa shape index (κ2) is 25.4. The summed E-state index contributed by atoms with van der Waals surface area (Å²) >= 11 is 0. The zero-order valence-electron chi connectivity index (χ0n) is 44.1. The molecule has 79 heavy (non-hydrogen) atoms. The molecule has 0 aliphatic carbocycles. The molecule has 0 fully saturated rings. The molecule has 0 radical (unpaired) electrons. The lowest BCUT2D eigenvalue weighted by Crippen LogP contribution is -1.98. The highest BCUT2D eigenvalue weighted by Crippen LogP contribution is 2.39. The van der Waals surface area contributed by atoms with Gasteiger partial charge in [-0.05, 0) is 126 Å². The van der Waals surface area contributed by atoms with E-state index >= 15 is 0 Å². The molecular formula is C62H63N4O10S3-3. The quantitative estimate of drug-likeness (QED) is 0.0401. The second-order valence-corrected chi connectivity index (χ2v) is 24.3. The van der Waals surface area contributed by atoms with Gasteiger partial charge in [-0.2, -0.15) is 0 Å². The zero-order chi connectivity index (χ0) is 55.6. The minimum atomic E-state index is -4.78. The van der Waals surface area contributed by atoms with E-state index in [4.69, 9.17) is 14.7 Å². The SMILES string of the molecule is CCCCCCCCCCCCCCCCCCOc1ccc(-c2c3nc(c(-c4ccc(S(=O)(=O)[O-])cc4)c4ccc([nH]4)c(-c4ccc(S(=O)(=O)[O-])cc4)c4nc(c(-c5ccc(S(=O)(=O)[O-])cc5)c5ccc2[nH]5)C=C4)C=C3)cc1. The topological polar surface area (TPSA) is 238 Å². The van der Waals surface area contributed by atoms with Gasteiger partial charge in [0.25, 0.3) is 0 Å². The first-order valence-electron chi connectivity index (χ1n) is 27.1. The third-order valence-corrected chi connectivity index (χ3v) is 17.0. The van der Waals surface area contributed by atoms with Gasteiger partial charge in [0, 0.05) is 44.3 Å². The van der Waals surface area contributed by atoms with Crippen LogP contribution in [0.1, 0.15) is 132 Å². The van der Waals surface area contributed by atoms with Crippen LogP contribution in [0, 0.1) is 0 Å². The molecule has 0 saturated carbocycles. The maximum atomic E-state index is 12.1. The number of nitrogens with one attached hydrogen (secondary N) is 2. The normalized spacial score (nSPS) is 12.6. The largest absolute Gasteiger partial charge is 0.744 e. The predicted octanol–water partition coefficient (Wildman–Crippen LogP) is 14.7. The van der Waals surface area contributed by atoms with Crippen molar-refractivity contribution in [1.82, 2.24) is 19.9 Å². The Hall–Kier alpha value is -6.99. The second-order valence-electron chi connectivity index (χ2n) is 20.1. The lowest BCUT2D eigenvalue weighted by atomic mass is 10.0. The number of benzene rings is 4. The molecule has 0 unspecified atom stereocenters. The van der Waals surface area contributed by atoms with Gasteiger partial charge in [-0.25, -0.2) is 35.2 Å². The van der Waals surface area contributed by atoms with E-state index in [1.807, 2.05) is 54.6 Å². The standard InChI is InChI=1S/C62H66N4O10S3/c1-2-3-4-5-6-7-8-9-10-11-12-13-14-15-16-17-42-76-47-26-18-43(19-27-47)59-51-34-36-53(63-51)60(44-20-28-48(29-21-44)77(67,68)69)55-38-40-57(65-55)62(46-24-32-50(33-25-46)79(73,74)75)58-41-39-56(66-58)61(54-37-35-52(59)64-54)45-22-30-49(31-23-45)78(70,71)72/h18-41,63,66H,2-17,42H2,1H3,(H,67,68,69)(H,70,71,72)(H,73,74,75)/p-3. The molecular weight excluding hydrogens is 1060 g/mol. The average molecular weight is 1120 g/mol. The number of fused-ring (bicyclic) bond motifs is 8. The minimum absolute atomic E-state index is 0.399. The predicted molar refractivity (Wildman–Crippen MR) is 310 cm³/mol. The average Bonchev–Trinajstić information content (AvgIpc) is 4.44. The first-order chi connectivity index (χ1) is 38.0. The number of rotatable bonds is 25. The van der Waals surface area contributed by atoms with Crippen LogP contribution in [0.2, 0.25) is 0 Å². The molecule has 0 spiro atoms. The summed E-state index contributed by atoms with van der Waals surface area (Å²) in [5.74, 6) is 0.725. The molecule has 3 aromatic heterocycles. The van der Waals surface area contributed by atoms with E-state index in [0.29, 0.717) is 84.8 Å². The van der Waals surface area contributed by atoms with Gasteiger partial charge in [0.05, 0.1) is 44.1 Å². The van der Waals surface area contributed by atoms with Crippen LogP contribution in [0.5, 0.6) is 5.75 Å². The van der Waals surface area contributed by atoms with E-state index < -0.39 is 45.0 Å². The van der Waals surface area contributed by atoms with E-state index in [2.05, 4.69) is 16.9 Å². The number of hydrogen-bond acceptors (Lipinski definition) is 12. The van der Waals surface area contributed by atoms with Crippen LogP contribution in [0.3, 0.4) is 0 Å². The van der Waals surface area contributed by atoms with Gasteiger partial charge < -0.3 is 28.4 Å². The van der Waals surface area contributed by atoms with Crippen molar-refractivity contribution >= 4 is 76.7 Å². The van der Waals surface area contributed by atoms with Gasteiger partial charge in [-0.15, -0.1) is 0 Å². The third-order valence-electron chi connectivity index (χ3n) is 14.5. The van der Waals surface area contributed by atoms with E-state index in [0.717, 1.165) is 29.7 Å². The van der Waals surface area contributed by atoms with Crippen molar-refractivity contribution in [2.24, 2.45) is 0 Å². The molecule has 0 amide bonds. The molecule has 0 atom stereocenters. The van der Waals surface area contributed by atoms with E-state index in [1.165, 1.54) is 138 Å². The molecule has 0 saturated heterocycles. The maximum Gasteiger partial charge on any atom is 0.124 e. The zero-order valence-corrected chi connectivity index (χ0v) is 46.5. The lowest BCUT2D eigenvalue weighted by Gasteiger charge is -2.10. The Morgan fingerprint density at radius 3 is 0.873 bits per heavy atom. The Kier molecular flexibility index (Phi) is 18.3. The summed E-state index contributed by atoms with van der Waals surface area (Å²) in [5, 5.41) is 0. The fourth-order valence-electron chi connectivity index (χ4n) is 10.3. The number of H-pyrrole nitrogens is 2. The summed E-state index contributed by atoms with van der Waals surface area (Å²) in [6, 6.07) is 31.9. The van der Waals surface area contributed by atoms with Crippen molar-refractivity contribution in [2.75, 3.05) is 6.61 Å². The molecule has 412 valence electrons. The molecule has 2 aliphatic rings. The van der Waals surface area contributed by atoms with Gasteiger partial charge in [0.15, 0.2) is 0 Å². The van der Waals surface area contributed by atoms with Crippen LogP contribution in [0.4, 0.5) is 0 Å². The van der Waals surface area contributed by atoms with Crippen molar-refractivity contribution < 1.29 is 43.6 Å². The Labute approximate surface area is 463 Å². The molecule has 14 nitrogen and oxygen atoms in total. The van der Waals surface area contributed by atoms with Gasteiger partial charge in [0.2, 0.25) is 0 Å². The molecule has 8 bridgehead atoms. The van der Waals surface area contributed by atoms with Crippen LogP contribution in [-0.2, 0) is 30.4 Å². The van der Waals surface area contributed by atoms with Crippen LogP contribution in [0.15, 0.2) is 136 Å². The van der Waals surface area contributed by atoms with Crippen molar-refractivity contribution in [3.63, 3.8) is 0 Å². The summed E-state index contributed by atoms with van der Waals surface area (Å²) in [7, 11) is -14.3. The fourth-order valence-corrected chi connectivity index (χ4v) is 11.8. The number of hydrogen-bond donors (Lipinski definition) is 2. The van der Waals surface area contributed by atoms with Gasteiger partial charge in [-0.1, -0.05) is 152 Å². The van der Waals surface area contributed by atoms with E-state index in [1.54, 1.807) is 42.5 Å². The summed E-state index contributed by atoms with van der Waals surface area (Å²) < 4.78 is 115. The highest BCUT2D eigenvalue weighted by molar-refractivity contribution is 7.86. The number of aromatic amines is 2. The lowest BCUT2D eigenvalue weighted by molar-refractivity contribution is 0.304. The third kappa shape index (κ3) is 14.3. The molecule has 2 aliphatic heterocycles. The minimum Gasteiger partial charge on any atom is -0.744 e. The molecule has 9 rings (SSSR count). The molecule has 2 N–H and O–H groups in total. The summed E-state index contributed by atoms with van der Waals surface area (Å²) in [6.07, 6.45) is 28.0. The van der Waals surface area contributed by atoms with E-state index in [9.17, 15) is 38.9 Å². The number of aromatic nitrogens is 4. The van der Waals surface area contributed by atoms with Gasteiger partial charge in [-0.3, -0.25) is 0 Å². The van der Waals surface area contributed by atoms with Crippen molar-refractivity contribution in [1.29, 1.82) is 0 Å². The van der Waals surface area contributed by atoms with Crippen molar-refractivity contribution in [3.05, 3.63) is 144 Å². The highest BCUT2D eigenvalue weighted by atomic mass is 32.2. The number of ether oxygens (including phenoxy) is 1. The smallest absolute Gasteiger partial charge is 0.124 e. The Morgan fingerprint density at radius 2 is 0.608 bits per heavy atom. The van der Waals surface area contributed by atoms with Crippen LogP contribution in [-0.4, -0.2) is 65.5 Å². The first kappa shape index (κ1) is 56.7. The molecule has 17 heteroatoms. The summed E-state index contributed by atoms with van der Waals surface area (Å²) in [5.41, 5.74) is 8.99. The number of nitrogens with zero attached hydrogens (tertiary/aromatic N) is 2. The fraction of sp³-hybridized carbons (Fsp3) is 0.290. The number of unbranched alkanes of at least 4 members (excludes halogenated alkanes) is 15. The molecule has 5 heterocycles. The summed E-state index contributed by atoms with van der Waals surface area (Å²) in [6.45, 7) is 2.86. The van der Waals surface area contributed by atoms with Crippen LogP contribution < -0.4 is 4.74 Å². The maximum absolute atomic E-state index is 12.1. The van der Waals surface area contributed by atoms with Gasteiger partial charge >= 0.3 is 0 Å². The molecule has 7 aromatic rings. The highest BCUT2D eigenvalue weighted by Gasteiger charge is 2.20. The first-order valence-corrected chi connectivity index (χ1v) is 31.4. The Balaban J connectivity index is 1.08. The monoisotopic (exact) mass is 1120 g/mol. The van der Waals surface area contributed by atoms with Crippen molar-refractivity contribution in [2.45, 2.75) is 124 Å². The van der Waals surface area contributed by atoms with Crippen LogP contribution in [0.25, 0.3) is 90.9 Å². The Morgan fingerprint density at radius 1 is 0.354 bits per heavy atom.